The summed E-state index contributed by atoms with van der Waals surface area (Å²) in [7, 11) is 0. The average molecular weight is 169 g/mol. The van der Waals surface area contributed by atoms with Crippen LogP contribution in [0, 0.1) is 11.8 Å². The van der Waals surface area contributed by atoms with E-state index >= 15 is 0 Å². The molecule has 0 saturated carbocycles. The minimum absolute atomic E-state index is 0.753. The van der Waals surface area contributed by atoms with Gasteiger partial charge < -0.3 is 5.32 Å². The molecule has 0 amide bonds. The van der Waals surface area contributed by atoms with Crippen molar-refractivity contribution in [3.05, 3.63) is 0 Å². The molecule has 1 saturated heterocycles. The molecule has 1 fully saturated rings. The first kappa shape index (κ1) is 10.0. The van der Waals surface area contributed by atoms with Crippen LogP contribution in [-0.2, 0) is 0 Å². The van der Waals surface area contributed by atoms with Gasteiger partial charge in [-0.15, -0.1) is 0 Å². The molecule has 0 spiro atoms. The molecule has 0 aromatic heterocycles. The van der Waals surface area contributed by atoms with Gasteiger partial charge in [0.25, 0.3) is 0 Å². The highest BCUT2D eigenvalue weighted by molar-refractivity contribution is 4.81. The molecule has 1 N–H and O–H groups in total. The molecule has 1 heteroatoms. The van der Waals surface area contributed by atoms with E-state index in [9.17, 15) is 0 Å². The van der Waals surface area contributed by atoms with Crippen molar-refractivity contribution in [3.63, 3.8) is 0 Å². The zero-order valence-corrected chi connectivity index (χ0v) is 8.77. The lowest BCUT2D eigenvalue weighted by atomic mass is 9.78. The van der Waals surface area contributed by atoms with E-state index in [0.717, 1.165) is 17.9 Å². The highest BCUT2D eigenvalue weighted by Crippen LogP contribution is 2.29. The van der Waals surface area contributed by atoms with Gasteiger partial charge in [0.05, 0.1) is 0 Å². The fourth-order valence-corrected chi connectivity index (χ4v) is 2.61. The van der Waals surface area contributed by atoms with Gasteiger partial charge in [0.15, 0.2) is 0 Å². The van der Waals surface area contributed by atoms with Crippen LogP contribution in [0.4, 0.5) is 0 Å². The molecule has 72 valence electrons. The second-order valence-corrected chi connectivity index (χ2v) is 4.13. The molecular formula is C11H23N. The van der Waals surface area contributed by atoms with Crippen molar-refractivity contribution in [2.24, 2.45) is 11.8 Å². The summed E-state index contributed by atoms with van der Waals surface area (Å²) in [6.45, 7) is 8.24. The maximum atomic E-state index is 3.58. The number of hydrogen-bond acceptors (Lipinski definition) is 1. The fourth-order valence-electron chi connectivity index (χ4n) is 2.61. The number of rotatable bonds is 3. The zero-order valence-electron chi connectivity index (χ0n) is 8.77. The summed E-state index contributed by atoms with van der Waals surface area (Å²) in [5.41, 5.74) is 0. The maximum Gasteiger partial charge on any atom is 0.00696 e. The molecule has 12 heavy (non-hydrogen) atoms. The van der Waals surface area contributed by atoms with Gasteiger partial charge in [0, 0.05) is 6.04 Å². The number of piperidine rings is 1. The van der Waals surface area contributed by atoms with Crippen LogP contribution in [0.1, 0.15) is 46.5 Å². The third-order valence-corrected chi connectivity index (χ3v) is 3.48. The van der Waals surface area contributed by atoms with E-state index in [1.54, 1.807) is 0 Å². The van der Waals surface area contributed by atoms with Gasteiger partial charge in [-0.2, -0.15) is 0 Å². The minimum Gasteiger partial charge on any atom is -0.314 e. The highest BCUT2D eigenvalue weighted by Gasteiger charge is 2.26. The molecule has 0 radical (unpaired) electrons. The summed E-state index contributed by atoms with van der Waals surface area (Å²) in [5.74, 6) is 1.89. The topological polar surface area (TPSA) is 12.0 Å². The molecule has 0 aliphatic carbocycles. The lowest BCUT2D eigenvalue weighted by Gasteiger charge is -2.35. The third-order valence-electron chi connectivity index (χ3n) is 3.48. The molecule has 1 aliphatic heterocycles. The van der Waals surface area contributed by atoms with Gasteiger partial charge in [-0.1, -0.05) is 26.7 Å². The van der Waals surface area contributed by atoms with Crippen molar-refractivity contribution >= 4 is 0 Å². The van der Waals surface area contributed by atoms with E-state index in [-0.39, 0.29) is 0 Å². The summed E-state index contributed by atoms with van der Waals surface area (Å²) in [4.78, 5) is 0. The summed E-state index contributed by atoms with van der Waals surface area (Å²) in [6, 6.07) is 0.753. The molecule has 2 unspecified atom stereocenters. The van der Waals surface area contributed by atoms with Crippen molar-refractivity contribution < 1.29 is 0 Å². The fraction of sp³-hybridized carbons (Fsp3) is 1.00. The molecule has 0 bridgehead atoms. The Balaban J connectivity index is 2.45. The van der Waals surface area contributed by atoms with E-state index in [2.05, 4.69) is 26.1 Å². The lowest BCUT2D eigenvalue weighted by molar-refractivity contribution is 0.197. The zero-order chi connectivity index (χ0) is 8.97. The summed E-state index contributed by atoms with van der Waals surface area (Å²) in [5, 5.41) is 3.58. The van der Waals surface area contributed by atoms with E-state index in [1.165, 1.54) is 32.2 Å². The first-order valence-electron chi connectivity index (χ1n) is 5.53. The Morgan fingerprint density at radius 3 is 2.50 bits per heavy atom. The van der Waals surface area contributed by atoms with Gasteiger partial charge in [-0.05, 0) is 38.1 Å². The monoisotopic (exact) mass is 169 g/mol. The van der Waals surface area contributed by atoms with E-state index < -0.39 is 0 Å². The Hall–Kier alpha value is -0.0400. The molecule has 0 aromatic carbocycles. The summed E-state index contributed by atoms with van der Waals surface area (Å²) in [6.07, 6.45) is 5.53. The quantitative estimate of drug-likeness (QED) is 0.685. The Labute approximate surface area is 76.9 Å². The Kier molecular flexibility index (Phi) is 4.07. The molecule has 1 heterocycles. The minimum atomic E-state index is 0.753. The molecular weight excluding hydrogens is 146 g/mol. The predicted octanol–water partition coefficient (Wildman–Crippen LogP) is 2.81. The SMILES string of the molecule is CCC(CC)C1CCCNC1C. The van der Waals surface area contributed by atoms with Crippen LogP contribution in [0.3, 0.4) is 0 Å². The maximum absolute atomic E-state index is 3.58. The number of hydrogen-bond donors (Lipinski definition) is 1. The van der Waals surface area contributed by atoms with Crippen molar-refractivity contribution in [2.45, 2.75) is 52.5 Å². The first-order chi connectivity index (χ1) is 5.79. The van der Waals surface area contributed by atoms with Crippen molar-refractivity contribution in [1.29, 1.82) is 0 Å². The van der Waals surface area contributed by atoms with Gasteiger partial charge in [-0.25, -0.2) is 0 Å². The van der Waals surface area contributed by atoms with Crippen LogP contribution in [0.25, 0.3) is 0 Å². The van der Waals surface area contributed by atoms with Crippen molar-refractivity contribution in [3.8, 4) is 0 Å². The van der Waals surface area contributed by atoms with Crippen LogP contribution in [0.5, 0.6) is 0 Å². The predicted molar refractivity (Wildman–Crippen MR) is 54.3 cm³/mol. The van der Waals surface area contributed by atoms with Gasteiger partial charge in [0.1, 0.15) is 0 Å². The molecule has 1 rings (SSSR count). The van der Waals surface area contributed by atoms with Crippen LogP contribution < -0.4 is 5.32 Å². The average Bonchev–Trinajstić information content (AvgIpc) is 2.10. The van der Waals surface area contributed by atoms with Crippen LogP contribution in [0.15, 0.2) is 0 Å². The van der Waals surface area contributed by atoms with E-state index in [4.69, 9.17) is 0 Å². The summed E-state index contributed by atoms with van der Waals surface area (Å²) < 4.78 is 0. The Morgan fingerprint density at radius 1 is 1.33 bits per heavy atom. The first-order valence-corrected chi connectivity index (χ1v) is 5.53. The largest absolute Gasteiger partial charge is 0.314 e. The van der Waals surface area contributed by atoms with Gasteiger partial charge >= 0.3 is 0 Å². The Bertz CT molecular complexity index is 118. The van der Waals surface area contributed by atoms with Crippen molar-refractivity contribution in [1.82, 2.24) is 5.32 Å². The van der Waals surface area contributed by atoms with E-state index in [1.807, 2.05) is 0 Å². The Morgan fingerprint density at radius 2 is 2.00 bits per heavy atom. The van der Waals surface area contributed by atoms with Crippen LogP contribution in [-0.4, -0.2) is 12.6 Å². The van der Waals surface area contributed by atoms with Crippen LogP contribution >= 0.6 is 0 Å². The van der Waals surface area contributed by atoms with E-state index in [0.29, 0.717) is 0 Å². The normalized spacial score (nSPS) is 31.0. The van der Waals surface area contributed by atoms with Gasteiger partial charge in [-0.3, -0.25) is 0 Å². The third kappa shape index (κ3) is 2.22. The molecule has 0 aromatic rings. The molecule has 1 nitrogen and oxygen atoms in total. The van der Waals surface area contributed by atoms with Crippen LogP contribution in [0.2, 0.25) is 0 Å². The molecule has 1 aliphatic rings. The number of nitrogens with one attached hydrogen (secondary N) is 1. The smallest absolute Gasteiger partial charge is 0.00696 e. The second-order valence-electron chi connectivity index (χ2n) is 4.13. The van der Waals surface area contributed by atoms with Crippen molar-refractivity contribution in [2.75, 3.05) is 6.54 Å². The van der Waals surface area contributed by atoms with Gasteiger partial charge in [0.2, 0.25) is 0 Å². The summed E-state index contributed by atoms with van der Waals surface area (Å²) >= 11 is 0. The molecule has 2 atom stereocenters. The standard InChI is InChI=1S/C11H23N/c1-4-10(5-2)11-7-6-8-12-9(11)3/h9-12H,4-8H2,1-3H3. The second kappa shape index (κ2) is 4.86. The lowest BCUT2D eigenvalue weighted by Crippen LogP contribution is -2.42. The highest BCUT2D eigenvalue weighted by atomic mass is 14.9.